The van der Waals surface area contributed by atoms with Gasteiger partial charge in [-0.1, -0.05) is 12.0 Å². The first kappa shape index (κ1) is 14.8. The monoisotopic (exact) mass is 255 g/mol. The van der Waals surface area contributed by atoms with Crippen LogP contribution in [0.4, 0.5) is 0 Å². The van der Waals surface area contributed by atoms with Gasteiger partial charge in [-0.15, -0.1) is 0 Å². The van der Waals surface area contributed by atoms with Crippen molar-refractivity contribution in [2.75, 3.05) is 39.4 Å². The van der Waals surface area contributed by atoms with E-state index in [4.69, 9.17) is 10.3 Å². The lowest BCUT2D eigenvalue weighted by atomic mass is 10.2. The molecule has 0 aromatic heterocycles. The van der Waals surface area contributed by atoms with E-state index < -0.39 is 0 Å². The highest BCUT2D eigenvalue weighted by molar-refractivity contribution is 5.81. The summed E-state index contributed by atoms with van der Waals surface area (Å²) in [5.74, 6) is 0.0281. The van der Waals surface area contributed by atoms with Gasteiger partial charge in [-0.05, 0) is 24.9 Å². The number of nitrogens with one attached hydrogen (secondary N) is 1. The smallest absolute Gasteiger partial charge is 0.239 e. The molecule has 1 N–H and O–H groups in total. The molecule has 0 radical (unpaired) electrons. The lowest BCUT2D eigenvalue weighted by Gasteiger charge is -2.34. The average molecular weight is 255 g/mol. The number of carbonyl (C=O) groups excluding carboxylic acids is 1. The third-order valence-corrected chi connectivity index (χ3v) is 2.86. The Morgan fingerprint density at radius 3 is 3.22 bits per heavy atom. The van der Waals surface area contributed by atoms with Gasteiger partial charge >= 0.3 is 0 Å². The standard InChI is InChI=1S/C11H21N5O2/c1-2-4-13-11(17)10-9-18-8-7-16(10)6-3-5-14-15-12/h10H,2-9H2,1H3,(H,13,17). The van der Waals surface area contributed by atoms with Gasteiger partial charge in [-0.2, -0.15) is 0 Å². The second kappa shape index (κ2) is 8.74. The highest BCUT2D eigenvalue weighted by Crippen LogP contribution is 2.08. The molecule has 1 atom stereocenters. The number of ether oxygens (including phenoxy) is 1. The summed E-state index contributed by atoms with van der Waals surface area (Å²) in [6.07, 6.45) is 1.69. The lowest BCUT2D eigenvalue weighted by molar-refractivity contribution is -0.132. The van der Waals surface area contributed by atoms with Crippen LogP contribution in [0.25, 0.3) is 10.4 Å². The predicted molar refractivity (Wildman–Crippen MR) is 68.1 cm³/mol. The molecular formula is C11H21N5O2. The van der Waals surface area contributed by atoms with Gasteiger partial charge in [0.15, 0.2) is 0 Å². The number of azide groups is 1. The van der Waals surface area contributed by atoms with E-state index in [2.05, 4.69) is 20.2 Å². The normalized spacial score (nSPS) is 20.2. The highest BCUT2D eigenvalue weighted by Gasteiger charge is 2.28. The summed E-state index contributed by atoms with van der Waals surface area (Å²) in [4.78, 5) is 16.8. The van der Waals surface area contributed by atoms with Crippen LogP contribution in [0, 0.1) is 0 Å². The fourth-order valence-electron chi connectivity index (χ4n) is 1.90. The molecule has 7 heteroatoms. The van der Waals surface area contributed by atoms with E-state index in [1.54, 1.807) is 0 Å². The van der Waals surface area contributed by atoms with Gasteiger partial charge in [0.2, 0.25) is 5.91 Å². The first-order valence-corrected chi connectivity index (χ1v) is 6.40. The van der Waals surface area contributed by atoms with Crippen molar-refractivity contribution in [3.63, 3.8) is 0 Å². The predicted octanol–water partition coefficient (Wildman–Crippen LogP) is 0.914. The van der Waals surface area contributed by atoms with Crippen LogP contribution in [-0.4, -0.2) is 56.2 Å². The first-order valence-electron chi connectivity index (χ1n) is 6.40. The van der Waals surface area contributed by atoms with Gasteiger partial charge in [0.1, 0.15) is 6.04 Å². The quantitative estimate of drug-likeness (QED) is 0.317. The first-order chi connectivity index (χ1) is 8.79. The second-order valence-electron chi connectivity index (χ2n) is 4.23. The van der Waals surface area contributed by atoms with E-state index in [0.717, 1.165) is 25.9 Å². The molecule has 1 amide bonds. The van der Waals surface area contributed by atoms with E-state index in [9.17, 15) is 4.79 Å². The summed E-state index contributed by atoms with van der Waals surface area (Å²) >= 11 is 0. The molecule has 1 unspecified atom stereocenters. The van der Waals surface area contributed by atoms with Crippen molar-refractivity contribution in [3.05, 3.63) is 10.4 Å². The Balaban J connectivity index is 2.40. The van der Waals surface area contributed by atoms with Gasteiger partial charge in [0, 0.05) is 24.5 Å². The van der Waals surface area contributed by atoms with E-state index >= 15 is 0 Å². The number of amides is 1. The molecule has 0 aromatic rings. The number of hydrogen-bond donors (Lipinski definition) is 1. The van der Waals surface area contributed by atoms with E-state index in [1.165, 1.54) is 0 Å². The number of rotatable bonds is 7. The zero-order valence-corrected chi connectivity index (χ0v) is 10.8. The fraction of sp³-hybridized carbons (Fsp3) is 0.909. The second-order valence-corrected chi connectivity index (χ2v) is 4.23. The SMILES string of the molecule is CCCNC(=O)C1COCCN1CCCN=[N+]=[N-]. The minimum Gasteiger partial charge on any atom is -0.378 e. The number of carbonyl (C=O) groups is 1. The van der Waals surface area contributed by atoms with Gasteiger partial charge in [0.25, 0.3) is 0 Å². The summed E-state index contributed by atoms with van der Waals surface area (Å²) in [6, 6.07) is -0.212. The summed E-state index contributed by atoms with van der Waals surface area (Å²) in [6.45, 7) is 5.79. The largest absolute Gasteiger partial charge is 0.378 e. The molecule has 7 nitrogen and oxygen atoms in total. The molecule has 1 saturated heterocycles. The van der Waals surface area contributed by atoms with Crippen LogP contribution in [0.5, 0.6) is 0 Å². The van der Waals surface area contributed by atoms with Crippen LogP contribution in [0.15, 0.2) is 5.11 Å². The van der Waals surface area contributed by atoms with Gasteiger partial charge in [0.05, 0.1) is 13.2 Å². The topological polar surface area (TPSA) is 90.3 Å². The van der Waals surface area contributed by atoms with Crippen molar-refractivity contribution in [3.8, 4) is 0 Å². The average Bonchev–Trinajstić information content (AvgIpc) is 2.41. The van der Waals surface area contributed by atoms with Gasteiger partial charge < -0.3 is 10.1 Å². The molecule has 0 spiro atoms. The zero-order valence-electron chi connectivity index (χ0n) is 10.8. The van der Waals surface area contributed by atoms with Gasteiger partial charge in [-0.25, -0.2) is 0 Å². The molecule has 102 valence electrons. The molecule has 0 aliphatic carbocycles. The van der Waals surface area contributed by atoms with E-state index in [0.29, 0.717) is 26.3 Å². The molecule has 0 aromatic carbocycles. The number of nitrogens with zero attached hydrogens (tertiary/aromatic N) is 4. The maximum Gasteiger partial charge on any atom is 0.239 e. The Morgan fingerprint density at radius 2 is 2.50 bits per heavy atom. The van der Waals surface area contributed by atoms with Crippen LogP contribution in [-0.2, 0) is 9.53 Å². The summed E-state index contributed by atoms with van der Waals surface area (Å²) in [7, 11) is 0. The van der Waals surface area contributed by atoms with Crippen molar-refractivity contribution >= 4 is 5.91 Å². The molecule has 0 bridgehead atoms. The maximum absolute atomic E-state index is 11.9. The van der Waals surface area contributed by atoms with Crippen molar-refractivity contribution < 1.29 is 9.53 Å². The molecule has 18 heavy (non-hydrogen) atoms. The van der Waals surface area contributed by atoms with Crippen LogP contribution in [0.3, 0.4) is 0 Å². The van der Waals surface area contributed by atoms with Crippen molar-refractivity contribution in [2.24, 2.45) is 5.11 Å². The molecular weight excluding hydrogens is 234 g/mol. The molecule has 1 fully saturated rings. The van der Waals surface area contributed by atoms with Crippen molar-refractivity contribution in [1.29, 1.82) is 0 Å². The molecule has 1 rings (SSSR count). The fourth-order valence-corrected chi connectivity index (χ4v) is 1.90. The maximum atomic E-state index is 11.9. The van der Waals surface area contributed by atoms with Crippen molar-refractivity contribution in [1.82, 2.24) is 10.2 Å². The zero-order chi connectivity index (χ0) is 13.2. The minimum absolute atomic E-state index is 0.0281. The molecule has 1 aliphatic rings. The Kier molecular flexibility index (Phi) is 7.17. The number of hydrogen-bond acceptors (Lipinski definition) is 4. The lowest BCUT2D eigenvalue weighted by Crippen LogP contribution is -2.54. The molecule has 1 heterocycles. The third-order valence-electron chi connectivity index (χ3n) is 2.86. The Morgan fingerprint density at radius 1 is 1.67 bits per heavy atom. The Bertz CT molecular complexity index is 304. The van der Waals surface area contributed by atoms with Gasteiger partial charge in [-0.3, -0.25) is 9.69 Å². The van der Waals surface area contributed by atoms with E-state index in [-0.39, 0.29) is 11.9 Å². The van der Waals surface area contributed by atoms with E-state index in [1.807, 2.05) is 6.92 Å². The Hall–Kier alpha value is -1.30. The molecule has 1 aliphatic heterocycles. The van der Waals surface area contributed by atoms with Crippen molar-refractivity contribution in [2.45, 2.75) is 25.8 Å². The Labute approximate surface area is 107 Å². The summed E-state index contributed by atoms with van der Waals surface area (Å²) < 4.78 is 5.36. The molecule has 0 saturated carbocycles. The van der Waals surface area contributed by atoms with Crippen LogP contribution >= 0.6 is 0 Å². The van der Waals surface area contributed by atoms with Crippen LogP contribution in [0.2, 0.25) is 0 Å². The van der Waals surface area contributed by atoms with Crippen LogP contribution in [0.1, 0.15) is 19.8 Å². The summed E-state index contributed by atoms with van der Waals surface area (Å²) in [5.41, 5.74) is 8.20. The number of morpholine rings is 1. The highest BCUT2D eigenvalue weighted by atomic mass is 16.5. The summed E-state index contributed by atoms with van der Waals surface area (Å²) in [5, 5.41) is 6.39. The van der Waals surface area contributed by atoms with Crippen LogP contribution < -0.4 is 5.32 Å². The third kappa shape index (κ3) is 4.91. The minimum atomic E-state index is -0.212.